The number of aliphatic hydroxyl groups is 1. The van der Waals surface area contributed by atoms with Gasteiger partial charge in [0.05, 0.1) is 25.7 Å². The third kappa shape index (κ3) is 6.21. The molecule has 0 saturated carbocycles. The highest BCUT2D eigenvalue weighted by Crippen LogP contribution is 2.27. The van der Waals surface area contributed by atoms with Gasteiger partial charge in [0.25, 0.3) is 0 Å². The van der Waals surface area contributed by atoms with Crippen molar-refractivity contribution in [3.63, 3.8) is 0 Å². The second-order valence-electron chi connectivity index (χ2n) is 6.56. The van der Waals surface area contributed by atoms with Crippen LogP contribution in [0.25, 0.3) is 0 Å². The molecular formula is C20H21F3N2O7S. The summed E-state index contributed by atoms with van der Waals surface area (Å²) in [6.07, 6.45) is -5.18. The summed E-state index contributed by atoms with van der Waals surface area (Å²) in [5, 5.41) is 11.4. The van der Waals surface area contributed by atoms with E-state index in [2.05, 4.69) is 4.74 Å². The molecule has 9 nitrogen and oxygen atoms in total. The van der Waals surface area contributed by atoms with Gasteiger partial charge < -0.3 is 19.9 Å². The van der Waals surface area contributed by atoms with Crippen LogP contribution in [-0.2, 0) is 30.9 Å². The number of nitrogens with zero attached hydrogens (tertiary/aromatic N) is 1. The molecule has 1 unspecified atom stereocenters. The smallest absolute Gasteiger partial charge is 0.471 e. The molecule has 0 aliphatic carbocycles. The number of sulfonamides is 1. The Kier molecular flexibility index (Phi) is 8.41. The number of carbonyl (C=O) groups excluding carboxylic acids is 2. The maximum Gasteiger partial charge on any atom is 0.471 e. The Labute approximate surface area is 187 Å². The Bertz CT molecular complexity index is 1090. The number of hydrogen-bond donors (Lipinski definition) is 2. The molecule has 0 fully saturated rings. The fourth-order valence-corrected chi connectivity index (χ4v) is 4.35. The van der Waals surface area contributed by atoms with Gasteiger partial charge in [-0.15, -0.1) is 0 Å². The van der Waals surface area contributed by atoms with Crippen LogP contribution in [0.5, 0.6) is 5.75 Å². The monoisotopic (exact) mass is 490 g/mol. The maximum absolute atomic E-state index is 13.3. The molecular weight excluding hydrogens is 469 g/mol. The lowest BCUT2D eigenvalue weighted by Crippen LogP contribution is -2.47. The number of benzene rings is 2. The quantitative estimate of drug-likeness (QED) is 0.515. The van der Waals surface area contributed by atoms with E-state index in [4.69, 9.17) is 4.74 Å². The molecule has 0 aromatic heterocycles. The van der Waals surface area contributed by atoms with Crippen molar-refractivity contribution >= 4 is 27.6 Å². The molecule has 2 aromatic rings. The Morgan fingerprint density at radius 3 is 2.21 bits per heavy atom. The number of alkyl halides is 3. The molecule has 0 bridgehead atoms. The summed E-state index contributed by atoms with van der Waals surface area (Å²) in [6.45, 7) is -1.64. The number of ether oxygens (including phenoxy) is 2. The van der Waals surface area contributed by atoms with Crippen LogP contribution in [0.3, 0.4) is 0 Å². The number of aliphatic hydroxyl groups excluding tert-OH is 1. The van der Waals surface area contributed by atoms with Crippen LogP contribution in [0, 0.1) is 0 Å². The van der Waals surface area contributed by atoms with Gasteiger partial charge >= 0.3 is 18.1 Å². The Balaban J connectivity index is 2.54. The molecule has 33 heavy (non-hydrogen) atoms. The summed E-state index contributed by atoms with van der Waals surface area (Å²) < 4.78 is 75.0. The number of methoxy groups -OCH3 is 2. The summed E-state index contributed by atoms with van der Waals surface area (Å²) in [5.41, 5.74) is -0.383. The Morgan fingerprint density at radius 1 is 1.09 bits per heavy atom. The van der Waals surface area contributed by atoms with Crippen molar-refractivity contribution in [3.05, 3.63) is 54.1 Å². The van der Waals surface area contributed by atoms with Crippen LogP contribution >= 0.6 is 0 Å². The number of para-hydroxylation sites is 1. The van der Waals surface area contributed by atoms with Gasteiger partial charge in [-0.25, -0.2) is 8.42 Å². The standard InChI is InChI=1S/C20H21F3N2O7S/c1-31-14-7-9-15(10-8-14)33(29,30)25(17(12-26)18(27)32-2)11-13-5-3-4-6-16(13)24-19(28)20(21,22)23/h3-10,17,26H,11-12H2,1-2H3,(H,24,28). The minimum atomic E-state index is -5.18. The van der Waals surface area contributed by atoms with Crippen molar-refractivity contribution in [2.45, 2.75) is 23.7 Å². The molecule has 1 amide bonds. The number of hydrogen-bond acceptors (Lipinski definition) is 7. The summed E-state index contributed by atoms with van der Waals surface area (Å²) in [4.78, 5) is 23.3. The van der Waals surface area contributed by atoms with E-state index < -0.39 is 47.3 Å². The van der Waals surface area contributed by atoms with Gasteiger partial charge in [0, 0.05) is 12.2 Å². The largest absolute Gasteiger partial charge is 0.497 e. The van der Waals surface area contributed by atoms with Crippen LogP contribution in [-0.4, -0.2) is 62.8 Å². The van der Waals surface area contributed by atoms with Crippen LogP contribution in [0.15, 0.2) is 53.4 Å². The van der Waals surface area contributed by atoms with Crippen molar-refractivity contribution in [1.29, 1.82) is 0 Å². The number of amides is 1. The fourth-order valence-electron chi connectivity index (χ4n) is 2.81. The topological polar surface area (TPSA) is 122 Å². The predicted octanol–water partition coefficient (Wildman–Crippen LogP) is 1.92. The zero-order valence-electron chi connectivity index (χ0n) is 17.5. The number of halogens is 3. The molecule has 0 spiro atoms. The molecule has 2 aromatic carbocycles. The molecule has 0 aliphatic heterocycles. The summed E-state index contributed by atoms with van der Waals surface area (Å²) in [6, 6.07) is 8.55. The first-order valence-corrected chi connectivity index (χ1v) is 10.7. The van der Waals surface area contributed by atoms with Gasteiger partial charge in [-0.2, -0.15) is 17.5 Å². The second-order valence-corrected chi connectivity index (χ2v) is 8.45. The van der Waals surface area contributed by atoms with Crippen molar-refractivity contribution in [3.8, 4) is 5.75 Å². The first kappa shape index (κ1) is 26.1. The lowest BCUT2D eigenvalue weighted by Gasteiger charge is -2.28. The number of esters is 1. The first-order chi connectivity index (χ1) is 15.4. The highest BCUT2D eigenvalue weighted by Gasteiger charge is 2.40. The third-order valence-corrected chi connectivity index (χ3v) is 6.38. The lowest BCUT2D eigenvalue weighted by atomic mass is 10.1. The van der Waals surface area contributed by atoms with E-state index in [1.807, 2.05) is 0 Å². The molecule has 1 atom stereocenters. The Morgan fingerprint density at radius 2 is 1.70 bits per heavy atom. The van der Waals surface area contributed by atoms with Crippen molar-refractivity contribution < 1.29 is 45.8 Å². The van der Waals surface area contributed by atoms with Gasteiger partial charge in [0.1, 0.15) is 11.8 Å². The molecule has 0 heterocycles. The van der Waals surface area contributed by atoms with Crippen molar-refractivity contribution in [2.24, 2.45) is 0 Å². The Hall–Kier alpha value is -3.16. The van der Waals surface area contributed by atoms with Gasteiger partial charge in [-0.1, -0.05) is 18.2 Å². The number of anilines is 1. The molecule has 13 heteroatoms. The fraction of sp³-hybridized carbons (Fsp3) is 0.300. The van der Waals surface area contributed by atoms with Crippen LogP contribution in [0.1, 0.15) is 5.56 Å². The average molecular weight is 490 g/mol. The van der Waals surface area contributed by atoms with Crippen LogP contribution in [0.2, 0.25) is 0 Å². The first-order valence-electron chi connectivity index (χ1n) is 9.26. The maximum atomic E-state index is 13.3. The van der Waals surface area contributed by atoms with E-state index >= 15 is 0 Å². The third-order valence-electron chi connectivity index (χ3n) is 4.51. The minimum absolute atomic E-state index is 0.0606. The van der Waals surface area contributed by atoms with Gasteiger partial charge in [-0.05, 0) is 35.9 Å². The molecule has 2 rings (SSSR count). The van der Waals surface area contributed by atoms with E-state index in [0.717, 1.165) is 13.2 Å². The normalized spacial score (nSPS) is 12.8. The minimum Gasteiger partial charge on any atom is -0.497 e. The zero-order chi connectivity index (χ0) is 24.8. The van der Waals surface area contributed by atoms with Crippen molar-refractivity contribution in [2.75, 3.05) is 26.1 Å². The predicted molar refractivity (Wildman–Crippen MR) is 110 cm³/mol. The van der Waals surface area contributed by atoms with Crippen LogP contribution in [0.4, 0.5) is 18.9 Å². The average Bonchev–Trinajstić information content (AvgIpc) is 2.79. The molecule has 2 N–H and O–H groups in total. The lowest BCUT2D eigenvalue weighted by molar-refractivity contribution is -0.167. The summed E-state index contributed by atoms with van der Waals surface area (Å²) in [5.74, 6) is -3.00. The van der Waals surface area contributed by atoms with Crippen LogP contribution < -0.4 is 10.1 Å². The van der Waals surface area contributed by atoms with E-state index in [9.17, 15) is 36.3 Å². The van der Waals surface area contributed by atoms with E-state index in [0.29, 0.717) is 10.1 Å². The molecule has 180 valence electrons. The highest BCUT2D eigenvalue weighted by molar-refractivity contribution is 7.89. The second kappa shape index (κ2) is 10.6. The highest BCUT2D eigenvalue weighted by atomic mass is 32.2. The zero-order valence-corrected chi connectivity index (χ0v) is 18.3. The number of rotatable bonds is 9. The molecule has 0 aliphatic rings. The van der Waals surface area contributed by atoms with E-state index in [1.165, 1.54) is 49.6 Å². The van der Waals surface area contributed by atoms with E-state index in [-0.39, 0.29) is 16.1 Å². The van der Waals surface area contributed by atoms with Gasteiger partial charge in [-0.3, -0.25) is 9.59 Å². The van der Waals surface area contributed by atoms with E-state index in [1.54, 1.807) is 5.32 Å². The van der Waals surface area contributed by atoms with Crippen molar-refractivity contribution in [1.82, 2.24) is 4.31 Å². The molecule has 0 saturated heterocycles. The number of carbonyl (C=O) groups is 2. The molecule has 0 radical (unpaired) electrons. The van der Waals surface area contributed by atoms with Gasteiger partial charge in [0.15, 0.2) is 0 Å². The SMILES string of the molecule is COC(=O)C(CO)N(Cc1ccccc1NC(=O)C(F)(F)F)S(=O)(=O)c1ccc(OC)cc1. The number of nitrogens with one attached hydrogen (secondary N) is 1. The summed E-state index contributed by atoms with van der Waals surface area (Å²) in [7, 11) is -2.12. The van der Waals surface area contributed by atoms with Gasteiger partial charge in [0.2, 0.25) is 10.0 Å². The summed E-state index contributed by atoms with van der Waals surface area (Å²) >= 11 is 0.